The molecule has 1 unspecified atom stereocenters. The molecule has 0 aromatic carbocycles. The minimum Gasteiger partial charge on any atom is -0.347 e. The molecule has 1 aromatic heterocycles. The van der Waals surface area contributed by atoms with Crippen molar-refractivity contribution in [2.45, 2.75) is 25.4 Å². The van der Waals surface area contributed by atoms with Crippen molar-refractivity contribution in [1.29, 1.82) is 0 Å². The fourth-order valence-electron chi connectivity index (χ4n) is 1.97. The van der Waals surface area contributed by atoms with E-state index in [9.17, 15) is 0 Å². The van der Waals surface area contributed by atoms with Gasteiger partial charge in [-0.3, -0.25) is 0 Å². The minimum atomic E-state index is 0.636. The molecule has 0 amide bonds. The summed E-state index contributed by atoms with van der Waals surface area (Å²) >= 11 is 0. The van der Waals surface area contributed by atoms with Crippen LogP contribution >= 0.6 is 0 Å². The van der Waals surface area contributed by atoms with Crippen molar-refractivity contribution in [3.63, 3.8) is 0 Å². The number of rotatable bonds is 3. The van der Waals surface area contributed by atoms with E-state index in [0.717, 1.165) is 13.1 Å². The lowest BCUT2D eigenvalue weighted by Gasteiger charge is -2.30. The highest BCUT2D eigenvalue weighted by Gasteiger charge is 2.16. The number of imidazole rings is 1. The summed E-state index contributed by atoms with van der Waals surface area (Å²) < 4.78 is 0. The first-order chi connectivity index (χ1) is 6.84. The number of likely N-dealkylation sites (N-methyl/N-ethyl adjacent to an activating group) is 1. The zero-order chi connectivity index (χ0) is 9.80. The van der Waals surface area contributed by atoms with Crippen molar-refractivity contribution < 1.29 is 0 Å². The molecule has 1 aromatic rings. The molecule has 0 saturated carbocycles. The van der Waals surface area contributed by atoms with Gasteiger partial charge >= 0.3 is 0 Å². The molecule has 0 aliphatic carbocycles. The van der Waals surface area contributed by atoms with Crippen LogP contribution in [0.15, 0.2) is 12.5 Å². The van der Waals surface area contributed by atoms with Gasteiger partial charge in [0.15, 0.2) is 0 Å². The summed E-state index contributed by atoms with van der Waals surface area (Å²) in [7, 11) is 2.18. The van der Waals surface area contributed by atoms with E-state index in [1.54, 1.807) is 6.33 Å². The summed E-state index contributed by atoms with van der Waals surface area (Å²) in [5, 5.41) is 3.54. The molecule has 78 valence electrons. The maximum atomic E-state index is 3.99. The second kappa shape index (κ2) is 4.57. The minimum absolute atomic E-state index is 0.636. The van der Waals surface area contributed by atoms with Gasteiger partial charge in [-0.1, -0.05) is 0 Å². The van der Waals surface area contributed by atoms with Gasteiger partial charge in [0, 0.05) is 31.0 Å². The van der Waals surface area contributed by atoms with E-state index in [2.05, 4.69) is 27.2 Å². The molecule has 4 nitrogen and oxygen atoms in total. The zero-order valence-corrected chi connectivity index (χ0v) is 8.66. The van der Waals surface area contributed by atoms with E-state index in [1.165, 1.54) is 25.1 Å². The van der Waals surface area contributed by atoms with Crippen LogP contribution in [0, 0.1) is 0 Å². The normalized spacial score (nSPS) is 23.9. The number of aromatic nitrogens is 2. The maximum Gasteiger partial charge on any atom is 0.0922 e. The van der Waals surface area contributed by atoms with Crippen molar-refractivity contribution in [3.05, 3.63) is 18.2 Å². The third-order valence-corrected chi connectivity index (χ3v) is 2.76. The van der Waals surface area contributed by atoms with Crippen LogP contribution in [0.1, 0.15) is 18.5 Å². The summed E-state index contributed by atoms with van der Waals surface area (Å²) in [6.07, 6.45) is 6.19. The summed E-state index contributed by atoms with van der Waals surface area (Å²) in [5.74, 6) is 0. The Hall–Kier alpha value is -0.870. The van der Waals surface area contributed by atoms with Crippen molar-refractivity contribution in [2.75, 3.05) is 20.1 Å². The molecule has 2 N–H and O–H groups in total. The Kier molecular flexibility index (Phi) is 3.16. The van der Waals surface area contributed by atoms with Crippen molar-refractivity contribution >= 4 is 0 Å². The van der Waals surface area contributed by atoms with Crippen molar-refractivity contribution in [1.82, 2.24) is 20.2 Å². The fourth-order valence-corrected chi connectivity index (χ4v) is 1.97. The van der Waals surface area contributed by atoms with Gasteiger partial charge in [-0.2, -0.15) is 0 Å². The van der Waals surface area contributed by atoms with Gasteiger partial charge < -0.3 is 15.2 Å². The molecule has 1 aliphatic heterocycles. The van der Waals surface area contributed by atoms with Crippen LogP contribution in [-0.2, 0) is 6.54 Å². The number of nitrogens with one attached hydrogen (secondary N) is 2. The maximum absolute atomic E-state index is 3.99. The molecule has 1 fully saturated rings. The van der Waals surface area contributed by atoms with E-state index < -0.39 is 0 Å². The Balaban J connectivity index is 1.75. The number of piperidine rings is 1. The van der Waals surface area contributed by atoms with Crippen LogP contribution in [0.2, 0.25) is 0 Å². The lowest BCUT2D eigenvalue weighted by molar-refractivity contribution is 0.226. The van der Waals surface area contributed by atoms with Crippen LogP contribution in [0.25, 0.3) is 0 Å². The van der Waals surface area contributed by atoms with Crippen LogP contribution in [0.5, 0.6) is 0 Å². The Morgan fingerprint density at radius 3 is 3.36 bits per heavy atom. The highest BCUT2D eigenvalue weighted by Crippen LogP contribution is 2.08. The zero-order valence-electron chi connectivity index (χ0n) is 8.66. The largest absolute Gasteiger partial charge is 0.347 e. The standard InChI is InChI=1S/C10H18N4/c1-14-4-2-3-9(7-14)12-6-10-5-11-8-13-10/h5,8-9,12H,2-4,6-7H2,1H3,(H,11,13). The number of likely N-dealkylation sites (tertiary alicyclic amines) is 1. The average Bonchev–Trinajstić information content (AvgIpc) is 2.67. The van der Waals surface area contributed by atoms with Gasteiger partial charge in [0.25, 0.3) is 0 Å². The fraction of sp³-hybridized carbons (Fsp3) is 0.700. The molecule has 0 bridgehead atoms. The van der Waals surface area contributed by atoms with Crippen LogP contribution in [-0.4, -0.2) is 41.0 Å². The van der Waals surface area contributed by atoms with Gasteiger partial charge in [-0.15, -0.1) is 0 Å². The third kappa shape index (κ3) is 2.56. The number of hydrogen-bond donors (Lipinski definition) is 2. The average molecular weight is 194 g/mol. The predicted molar refractivity (Wildman–Crippen MR) is 55.9 cm³/mol. The molecule has 4 heteroatoms. The number of nitrogens with zero attached hydrogens (tertiary/aromatic N) is 2. The smallest absolute Gasteiger partial charge is 0.0922 e. The summed E-state index contributed by atoms with van der Waals surface area (Å²) in [6.45, 7) is 3.30. The predicted octanol–water partition coefficient (Wildman–Crippen LogP) is 0.593. The SMILES string of the molecule is CN1CCCC(NCc2cnc[nH]2)C1. The van der Waals surface area contributed by atoms with Gasteiger partial charge in [-0.25, -0.2) is 4.98 Å². The Labute approximate surface area is 84.7 Å². The Morgan fingerprint density at radius 1 is 1.71 bits per heavy atom. The molecule has 0 radical (unpaired) electrons. The summed E-state index contributed by atoms with van der Waals surface area (Å²) in [4.78, 5) is 9.48. The third-order valence-electron chi connectivity index (χ3n) is 2.76. The molecular weight excluding hydrogens is 176 g/mol. The highest BCUT2D eigenvalue weighted by molar-refractivity contribution is 4.94. The molecule has 1 atom stereocenters. The van der Waals surface area contributed by atoms with Crippen LogP contribution in [0.3, 0.4) is 0 Å². The molecule has 1 aliphatic rings. The second-order valence-electron chi connectivity index (χ2n) is 4.06. The van der Waals surface area contributed by atoms with E-state index in [0.29, 0.717) is 6.04 Å². The quantitative estimate of drug-likeness (QED) is 0.740. The topological polar surface area (TPSA) is 44.0 Å². The summed E-state index contributed by atoms with van der Waals surface area (Å²) in [5.41, 5.74) is 1.17. The van der Waals surface area contributed by atoms with Gasteiger partial charge in [-0.05, 0) is 26.4 Å². The highest BCUT2D eigenvalue weighted by atomic mass is 15.1. The van der Waals surface area contributed by atoms with Gasteiger partial charge in [0.1, 0.15) is 0 Å². The lowest BCUT2D eigenvalue weighted by atomic mass is 10.1. The first-order valence-electron chi connectivity index (χ1n) is 5.24. The first kappa shape index (κ1) is 9.68. The van der Waals surface area contributed by atoms with E-state index in [1.807, 2.05) is 6.20 Å². The van der Waals surface area contributed by atoms with E-state index in [-0.39, 0.29) is 0 Å². The number of hydrogen-bond acceptors (Lipinski definition) is 3. The van der Waals surface area contributed by atoms with Crippen LogP contribution in [0.4, 0.5) is 0 Å². The summed E-state index contributed by atoms with van der Waals surface area (Å²) in [6, 6.07) is 0.636. The molecule has 2 rings (SSSR count). The number of H-pyrrole nitrogens is 1. The first-order valence-corrected chi connectivity index (χ1v) is 5.24. The lowest BCUT2D eigenvalue weighted by Crippen LogP contribution is -2.43. The van der Waals surface area contributed by atoms with E-state index in [4.69, 9.17) is 0 Å². The second-order valence-corrected chi connectivity index (χ2v) is 4.06. The Morgan fingerprint density at radius 2 is 2.64 bits per heavy atom. The number of aromatic amines is 1. The molecular formula is C10H18N4. The molecule has 14 heavy (non-hydrogen) atoms. The Bertz CT molecular complexity index is 257. The molecule has 2 heterocycles. The molecule has 1 saturated heterocycles. The monoisotopic (exact) mass is 194 g/mol. The van der Waals surface area contributed by atoms with Crippen LogP contribution < -0.4 is 5.32 Å². The molecule has 0 spiro atoms. The van der Waals surface area contributed by atoms with Gasteiger partial charge in [0.2, 0.25) is 0 Å². The van der Waals surface area contributed by atoms with Crippen molar-refractivity contribution in [2.24, 2.45) is 0 Å². The van der Waals surface area contributed by atoms with Crippen molar-refractivity contribution in [3.8, 4) is 0 Å². The van der Waals surface area contributed by atoms with E-state index >= 15 is 0 Å². The van der Waals surface area contributed by atoms with Gasteiger partial charge in [0.05, 0.1) is 6.33 Å².